The summed E-state index contributed by atoms with van der Waals surface area (Å²) in [5, 5.41) is 2.91. The number of amides is 1. The number of aryl methyl sites for hydroxylation is 2. The second-order valence-electron chi connectivity index (χ2n) is 3.82. The van der Waals surface area contributed by atoms with Crippen LogP contribution in [0.15, 0.2) is 23.1 Å². The van der Waals surface area contributed by atoms with E-state index in [2.05, 4.69) is 37.4 Å². The van der Waals surface area contributed by atoms with Gasteiger partial charge in [0, 0.05) is 10.6 Å². The first-order valence-electron chi connectivity index (χ1n) is 5.21. The Kier molecular flexibility index (Phi) is 4.83. The number of hydrogen-bond donors (Lipinski definition) is 2. The number of hydrogen-bond acceptors (Lipinski definition) is 3. The number of carbonyl (C=O) groups excluding carboxylic acids is 1. The Bertz CT molecular complexity index is 379. The molecule has 1 aromatic rings. The van der Waals surface area contributed by atoms with E-state index in [0.29, 0.717) is 5.75 Å². The van der Waals surface area contributed by atoms with E-state index in [0.717, 1.165) is 0 Å². The highest BCUT2D eigenvalue weighted by Crippen LogP contribution is 2.23. The maximum atomic E-state index is 11.0. The van der Waals surface area contributed by atoms with Gasteiger partial charge in [0.2, 0.25) is 5.91 Å². The summed E-state index contributed by atoms with van der Waals surface area (Å²) in [5.41, 5.74) is 7.75. The molecule has 0 aliphatic carbocycles. The minimum Gasteiger partial charge on any atom is -0.368 e. The number of thioether (sulfide) groups is 1. The van der Waals surface area contributed by atoms with Gasteiger partial charge in [0.15, 0.2) is 0 Å². The number of carbonyl (C=O) groups is 1. The fraction of sp³-hybridized carbons (Fsp3) is 0.417. The summed E-state index contributed by atoms with van der Waals surface area (Å²) in [6.07, 6.45) is 0. The highest BCUT2D eigenvalue weighted by Gasteiger charge is 2.13. The molecule has 0 heterocycles. The summed E-state index contributed by atoms with van der Waals surface area (Å²) >= 11 is 1.65. The Hall–Kier alpha value is -1.00. The van der Waals surface area contributed by atoms with E-state index in [1.54, 1.807) is 18.8 Å². The standard InChI is InChI=1S/C12H18N2OS/c1-8-4-5-11(9(2)6-8)16-7-10(14-3)12(13)15/h4-6,10,14H,7H2,1-3H3,(H2,13,15). The molecule has 16 heavy (non-hydrogen) atoms. The van der Waals surface area contributed by atoms with Crippen LogP contribution in [0.5, 0.6) is 0 Å². The van der Waals surface area contributed by atoms with Gasteiger partial charge in [0.05, 0.1) is 6.04 Å². The molecule has 1 rings (SSSR count). The van der Waals surface area contributed by atoms with Crippen molar-refractivity contribution in [3.63, 3.8) is 0 Å². The Morgan fingerprint density at radius 1 is 1.50 bits per heavy atom. The van der Waals surface area contributed by atoms with Crippen molar-refractivity contribution in [3.8, 4) is 0 Å². The highest BCUT2D eigenvalue weighted by molar-refractivity contribution is 7.99. The van der Waals surface area contributed by atoms with Crippen molar-refractivity contribution >= 4 is 17.7 Å². The summed E-state index contributed by atoms with van der Waals surface area (Å²) in [5.74, 6) is 0.357. The predicted octanol–water partition coefficient (Wildman–Crippen LogP) is 1.47. The van der Waals surface area contributed by atoms with Crippen LogP contribution in [0.1, 0.15) is 11.1 Å². The van der Waals surface area contributed by atoms with E-state index < -0.39 is 0 Å². The molecule has 88 valence electrons. The average molecular weight is 238 g/mol. The van der Waals surface area contributed by atoms with E-state index in [-0.39, 0.29) is 11.9 Å². The molecule has 1 amide bonds. The summed E-state index contributed by atoms with van der Waals surface area (Å²) in [7, 11) is 1.75. The molecule has 0 radical (unpaired) electrons. The second-order valence-corrected chi connectivity index (χ2v) is 4.89. The lowest BCUT2D eigenvalue weighted by molar-refractivity contribution is -0.119. The molecule has 4 heteroatoms. The lowest BCUT2D eigenvalue weighted by Gasteiger charge is -2.12. The van der Waals surface area contributed by atoms with E-state index in [9.17, 15) is 4.79 Å². The number of benzene rings is 1. The van der Waals surface area contributed by atoms with Crippen molar-refractivity contribution in [1.82, 2.24) is 5.32 Å². The van der Waals surface area contributed by atoms with E-state index >= 15 is 0 Å². The minimum atomic E-state index is -0.306. The predicted molar refractivity (Wildman–Crippen MR) is 68.7 cm³/mol. The van der Waals surface area contributed by atoms with E-state index in [1.807, 2.05) is 0 Å². The van der Waals surface area contributed by atoms with E-state index in [1.165, 1.54) is 16.0 Å². The smallest absolute Gasteiger partial charge is 0.235 e. The quantitative estimate of drug-likeness (QED) is 0.764. The van der Waals surface area contributed by atoms with Gasteiger partial charge in [-0.05, 0) is 32.5 Å². The third-order valence-corrected chi connectivity index (χ3v) is 3.70. The fourth-order valence-corrected chi connectivity index (χ4v) is 2.57. The van der Waals surface area contributed by atoms with Gasteiger partial charge in [-0.2, -0.15) is 0 Å². The van der Waals surface area contributed by atoms with Crippen molar-refractivity contribution < 1.29 is 4.79 Å². The molecule has 0 aliphatic heterocycles. The lowest BCUT2D eigenvalue weighted by atomic mass is 10.2. The van der Waals surface area contributed by atoms with Gasteiger partial charge in [0.1, 0.15) is 0 Å². The zero-order chi connectivity index (χ0) is 12.1. The molecule has 0 bridgehead atoms. The molecular formula is C12H18N2OS. The monoisotopic (exact) mass is 238 g/mol. The third-order valence-electron chi connectivity index (χ3n) is 2.43. The van der Waals surface area contributed by atoms with Gasteiger partial charge >= 0.3 is 0 Å². The Labute approximate surface area is 101 Å². The van der Waals surface area contributed by atoms with Gasteiger partial charge in [-0.15, -0.1) is 11.8 Å². The summed E-state index contributed by atoms with van der Waals surface area (Å²) < 4.78 is 0. The van der Waals surface area contributed by atoms with Crippen molar-refractivity contribution in [2.75, 3.05) is 12.8 Å². The SMILES string of the molecule is CNC(CSc1ccc(C)cc1C)C(N)=O. The number of rotatable bonds is 5. The summed E-state index contributed by atoms with van der Waals surface area (Å²) in [4.78, 5) is 12.2. The molecule has 1 atom stereocenters. The number of nitrogens with one attached hydrogen (secondary N) is 1. The third kappa shape index (κ3) is 3.54. The maximum absolute atomic E-state index is 11.0. The molecule has 0 saturated carbocycles. The zero-order valence-corrected chi connectivity index (χ0v) is 10.7. The van der Waals surface area contributed by atoms with Crippen LogP contribution in [0.4, 0.5) is 0 Å². The van der Waals surface area contributed by atoms with Crippen LogP contribution < -0.4 is 11.1 Å². The van der Waals surface area contributed by atoms with Gasteiger partial charge in [-0.1, -0.05) is 17.7 Å². The molecule has 0 fully saturated rings. The van der Waals surface area contributed by atoms with Crippen molar-refractivity contribution in [1.29, 1.82) is 0 Å². The number of nitrogens with two attached hydrogens (primary N) is 1. The van der Waals surface area contributed by atoms with Crippen LogP contribution in [0, 0.1) is 13.8 Å². The molecule has 0 saturated heterocycles. The van der Waals surface area contributed by atoms with Crippen LogP contribution in [0.2, 0.25) is 0 Å². The molecule has 1 aromatic carbocycles. The normalized spacial score (nSPS) is 12.4. The van der Waals surface area contributed by atoms with Crippen LogP contribution in [0.3, 0.4) is 0 Å². The molecule has 3 nitrogen and oxygen atoms in total. The van der Waals surface area contributed by atoms with Gasteiger partial charge in [-0.25, -0.2) is 0 Å². The van der Waals surface area contributed by atoms with Crippen LogP contribution >= 0.6 is 11.8 Å². The zero-order valence-electron chi connectivity index (χ0n) is 9.91. The van der Waals surface area contributed by atoms with Gasteiger partial charge in [-0.3, -0.25) is 4.79 Å². The molecule has 0 spiro atoms. The maximum Gasteiger partial charge on any atom is 0.235 e. The van der Waals surface area contributed by atoms with Crippen LogP contribution in [-0.4, -0.2) is 24.7 Å². The fourth-order valence-electron chi connectivity index (χ4n) is 1.44. The molecule has 3 N–H and O–H groups in total. The lowest BCUT2D eigenvalue weighted by Crippen LogP contribution is -2.41. The Morgan fingerprint density at radius 2 is 2.19 bits per heavy atom. The topological polar surface area (TPSA) is 55.1 Å². The van der Waals surface area contributed by atoms with Gasteiger partial charge in [0.25, 0.3) is 0 Å². The van der Waals surface area contributed by atoms with E-state index in [4.69, 9.17) is 5.73 Å². The van der Waals surface area contributed by atoms with Crippen molar-refractivity contribution in [3.05, 3.63) is 29.3 Å². The highest BCUT2D eigenvalue weighted by atomic mass is 32.2. The minimum absolute atomic E-state index is 0.272. The number of likely N-dealkylation sites (N-methyl/N-ethyl adjacent to an activating group) is 1. The summed E-state index contributed by atoms with van der Waals surface area (Å²) in [6.45, 7) is 4.15. The first-order chi connectivity index (χ1) is 7.54. The average Bonchev–Trinajstić information content (AvgIpc) is 2.21. The molecule has 1 unspecified atom stereocenters. The molecular weight excluding hydrogens is 220 g/mol. The first kappa shape index (κ1) is 13.1. The van der Waals surface area contributed by atoms with Crippen molar-refractivity contribution in [2.45, 2.75) is 24.8 Å². The summed E-state index contributed by atoms with van der Waals surface area (Å²) in [6, 6.07) is 6.03. The Morgan fingerprint density at radius 3 is 2.69 bits per heavy atom. The first-order valence-corrected chi connectivity index (χ1v) is 6.19. The second kappa shape index (κ2) is 5.92. The van der Waals surface area contributed by atoms with Crippen LogP contribution in [0.25, 0.3) is 0 Å². The molecule has 0 aromatic heterocycles. The van der Waals surface area contributed by atoms with Gasteiger partial charge < -0.3 is 11.1 Å². The van der Waals surface area contributed by atoms with Crippen LogP contribution in [-0.2, 0) is 4.79 Å². The largest absolute Gasteiger partial charge is 0.368 e. The van der Waals surface area contributed by atoms with Crippen molar-refractivity contribution in [2.24, 2.45) is 5.73 Å². The Balaban J connectivity index is 2.63. The molecule has 0 aliphatic rings. The number of primary amides is 1.